The van der Waals surface area contributed by atoms with Crippen LogP contribution in [-0.2, 0) is 0 Å². The van der Waals surface area contributed by atoms with Gasteiger partial charge >= 0.3 is 0 Å². The zero-order valence-corrected chi connectivity index (χ0v) is 15.8. The largest absolute Gasteiger partial charge is 0.486 e. The third-order valence-corrected chi connectivity index (χ3v) is 5.75. The lowest BCUT2D eigenvalue weighted by Crippen LogP contribution is -2.64. The van der Waals surface area contributed by atoms with Crippen molar-refractivity contribution in [1.82, 2.24) is 14.8 Å². The number of piperazine rings is 1. The van der Waals surface area contributed by atoms with Gasteiger partial charge in [-0.15, -0.1) is 0 Å². The summed E-state index contributed by atoms with van der Waals surface area (Å²) in [7, 11) is 0. The highest BCUT2D eigenvalue weighted by Crippen LogP contribution is 2.35. The molecule has 2 aromatic rings. The zero-order valence-electron chi connectivity index (χ0n) is 15.8. The van der Waals surface area contributed by atoms with Crippen LogP contribution in [0.3, 0.4) is 0 Å². The molecule has 5 rings (SSSR count). The summed E-state index contributed by atoms with van der Waals surface area (Å²) < 4.78 is 11.3. The summed E-state index contributed by atoms with van der Waals surface area (Å²) in [5, 5.41) is 0. The summed E-state index contributed by atoms with van der Waals surface area (Å²) in [5.41, 5.74) is 0.607. The van der Waals surface area contributed by atoms with Crippen molar-refractivity contribution in [3.8, 4) is 11.5 Å². The molecule has 3 aliphatic heterocycles. The minimum Gasteiger partial charge on any atom is -0.486 e. The van der Waals surface area contributed by atoms with Crippen LogP contribution in [0.2, 0.25) is 0 Å². The normalized spacial score (nSPS) is 20.0. The highest BCUT2D eigenvalue weighted by Gasteiger charge is 2.37. The Morgan fingerprint density at radius 3 is 2.57 bits per heavy atom. The number of nitrogens with zero attached hydrogens (tertiary/aromatic N) is 4. The molecule has 0 unspecified atom stereocenters. The first-order valence-electron chi connectivity index (χ1n) is 9.87. The van der Waals surface area contributed by atoms with E-state index in [1.165, 1.54) is 0 Å². The lowest BCUT2D eigenvalue weighted by Gasteiger charge is -2.48. The highest BCUT2D eigenvalue weighted by atomic mass is 16.6. The molecular weight excluding hydrogens is 356 g/mol. The van der Waals surface area contributed by atoms with Gasteiger partial charge in [-0.3, -0.25) is 9.69 Å². The Morgan fingerprint density at radius 1 is 0.964 bits per heavy atom. The van der Waals surface area contributed by atoms with Crippen LogP contribution in [0.1, 0.15) is 10.4 Å². The number of amides is 1. The van der Waals surface area contributed by atoms with E-state index in [4.69, 9.17) is 9.47 Å². The number of hydrogen-bond donors (Lipinski definition) is 0. The predicted molar refractivity (Wildman–Crippen MR) is 105 cm³/mol. The summed E-state index contributed by atoms with van der Waals surface area (Å²) in [6, 6.07) is 12.0. The van der Waals surface area contributed by atoms with Gasteiger partial charge in [0.1, 0.15) is 19.0 Å². The van der Waals surface area contributed by atoms with Gasteiger partial charge in [0.25, 0.3) is 5.91 Å². The number of aromatic nitrogens is 1. The van der Waals surface area contributed by atoms with Crippen molar-refractivity contribution >= 4 is 11.7 Å². The topological polar surface area (TPSA) is 58.1 Å². The van der Waals surface area contributed by atoms with Gasteiger partial charge in [-0.2, -0.15) is 0 Å². The van der Waals surface area contributed by atoms with E-state index in [1.54, 1.807) is 0 Å². The maximum atomic E-state index is 12.9. The number of rotatable bonds is 3. The van der Waals surface area contributed by atoms with Crippen molar-refractivity contribution in [2.75, 3.05) is 57.4 Å². The average Bonchev–Trinajstić information content (AvgIpc) is 2.73. The summed E-state index contributed by atoms with van der Waals surface area (Å²) in [6.07, 6.45) is 1.84. The van der Waals surface area contributed by atoms with E-state index in [9.17, 15) is 4.79 Å². The van der Waals surface area contributed by atoms with Crippen LogP contribution in [0, 0.1) is 0 Å². The second-order valence-electron chi connectivity index (χ2n) is 7.40. The molecule has 1 aromatic heterocycles. The van der Waals surface area contributed by atoms with E-state index in [2.05, 4.69) is 20.9 Å². The van der Waals surface area contributed by atoms with E-state index in [-0.39, 0.29) is 5.91 Å². The van der Waals surface area contributed by atoms with E-state index in [1.807, 2.05) is 41.4 Å². The molecule has 3 aliphatic rings. The Balaban J connectivity index is 1.17. The van der Waals surface area contributed by atoms with E-state index >= 15 is 0 Å². The highest BCUT2D eigenvalue weighted by molar-refractivity contribution is 5.98. The first-order chi connectivity index (χ1) is 13.8. The first-order valence-corrected chi connectivity index (χ1v) is 9.87. The molecule has 1 amide bonds. The summed E-state index contributed by atoms with van der Waals surface area (Å²) in [5.74, 6) is 2.33. The van der Waals surface area contributed by atoms with Crippen molar-refractivity contribution in [2.24, 2.45) is 0 Å². The van der Waals surface area contributed by atoms with Gasteiger partial charge in [-0.05, 0) is 24.3 Å². The number of fused-ring (bicyclic) bond motifs is 1. The van der Waals surface area contributed by atoms with Gasteiger partial charge in [0.15, 0.2) is 11.5 Å². The number of hydrogen-bond acceptors (Lipinski definition) is 6. The van der Waals surface area contributed by atoms with Gasteiger partial charge < -0.3 is 19.3 Å². The van der Waals surface area contributed by atoms with Crippen LogP contribution in [0.5, 0.6) is 11.5 Å². The fraction of sp³-hybridized carbons (Fsp3) is 0.429. The molecule has 7 nitrogen and oxygen atoms in total. The van der Waals surface area contributed by atoms with Crippen LogP contribution < -0.4 is 14.4 Å². The number of benzene rings is 1. The Morgan fingerprint density at radius 2 is 1.79 bits per heavy atom. The molecule has 0 radical (unpaired) electrons. The van der Waals surface area contributed by atoms with Crippen LogP contribution in [0.25, 0.3) is 0 Å². The Hall–Kier alpha value is -2.80. The number of carbonyl (C=O) groups excluding carboxylic acids is 1. The minimum atomic E-state index is 0.0331. The number of anilines is 1. The SMILES string of the molecule is O=C(c1cccc2c1OCCO2)N1CC(N2CCN(c3ccccn3)CC2)C1. The Kier molecular flexibility index (Phi) is 4.52. The molecule has 2 fully saturated rings. The third kappa shape index (κ3) is 3.16. The molecule has 0 aliphatic carbocycles. The quantitative estimate of drug-likeness (QED) is 0.804. The van der Waals surface area contributed by atoms with Crippen LogP contribution >= 0.6 is 0 Å². The molecule has 28 heavy (non-hydrogen) atoms. The monoisotopic (exact) mass is 380 g/mol. The molecule has 0 spiro atoms. The van der Waals surface area contributed by atoms with Crippen molar-refractivity contribution in [1.29, 1.82) is 0 Å². The number of likely N-dealkylation sites (tertiary alicyclic amines) is 1. The van der Waals surface area contributed by atoms with Crippen molar-refractivity contribution in [3.63, 3.8) is 0 Å². The van der Waals surface area contributed by atoms with Gasteiger partial charge in [0.2, 0.25) is 0 Å². The van der Waals surface area contributed by atoms with Gasteiger partial charge in [0.05, 0.1) is 5.56 Å². The number of ether oxygens (including phenoxy) is 2. The minimum absolute atomic E-state index is 0.0331. The van der Waals surface area contributed by atoms with E-state index in [0.29, 0.717) is 36.3 Å². The van der Waals surface area contributed by atoms with Gasteiger partial charge in [-0.25, -0.2) is 4.98 Å². The zero-order chi connectivity index (χ0) is 18.9. The molecule has 2 saturated heterocycles. The van der Waals surface area contributed by atoms with Crippen molar-refractivity contribution in [2.45, 2.75) is 6.04 Å². The second-order valence-corrected chi connectivity index (χ2v) is 7.40. The lowest BCUT2D eigenvalue weighted by atomic mass is 10.0. The molecule has 0 bridgehead atoms. The smallest absolute Gasteiger partial charge is 0.257 e. The maximum absolute atomic E-state index is 12.9. The molecule has 0 saturated carbocycles. The molecule has 7 heteroatoms. The van der Waals surface area contributed by atoms with Crippen LogP contribution in [0.15, 0.2) is 42.6 Å². The van der Waals surface area contributed by atoms with Gasteiger partial charge in [0, 0.05) is 51.5 Å². The van der Waals surface area contributed by atoms with Crippen molar-refractivity contribution < 1.29 is 14.3 Å². The van der Waals surface area contributed by atoms with Gasteiger partial charge in [-0.1, -0.05) is 12.1 Å². The first kappa shape index (κ1) is 17.3. The van der Waals surface area contributed by atoms with Crippen LogP contribution in [-0.4, -0.2) is 79.2 Å². The molecule has 0 N–H and O–H groups in total. The fourth-order valence-corrected chi connectivity index (χ4v) is 4.12. The molecule has 146 valence electrons. The Labute approximate surface area is 164 Å². The number of carbonyl (C=O) groups is 1. The summed E-state index contributed by atoms with van der Waals surface area (Å²) in [6.45, 7) is 6.50. The van der Waals surface area contributed by atoms with Crippen LogP contribution in [0.4, 0.5) is 5.82 Å². The summed E-state index contributed by atoms with van der Waals surface area (Å²) >= 11 is 0. The second kappa shape index (κ2) is 7.31. The molecule has 4 heterocycles. The maximum Gasteiger partial charge on any atom is 0.257 e. The van der Waals surface area contributed by atoms with E-state index in [0.717, 1.165) is 45.1 Å². The standard InChI is InChI=1S/C21H24N4O3/c26-21(17-4-3-5-18-20(17)28-13-12-27-18)25-14-16(15-25)23-8-10-24(11-9-23)19-6-1-2-7-22-19/h1-7,16H,8-15H2. The van der Waals surface area contributed by atoms with Crippen molar-refractivity contribution in [3.05, 3.63) is 48.2 Å². The molecule has 0 atom stereocenters. The third-order valence-electron chi connectivity index (χ3n) is 5.75. The number of para-hydroxylation sites is 1. The molecule has 1 aromatic carbocycles. The van der Waals surface area contributed by atoms with E-state index < -0.39 is 0 Å². The predicted octanol–water partition coefficient (Wildman–Crippen LogP) is 1.50. The summed E-state index contributed by atoms with van der Waals surface area (Å²) in [4.78, 5) is 24.1. The fourth-order valence-electron chi connectivity index (χ4n) is 4.12. The Bertz CT molecular complexity index is 846. The number of pyridine rings is 1. The average molecular weight is 380 g/mol. The molecular formula is C21H24N4O3. The lowest BCUT2D eigenvalue weighted by molar-refractivity contribution is 0.0241.